The number of nitrogens with zero attached hydrogens (tertiary/aromatic N) is 1. The molecule has 2 heterocycles. The maximum atomic E-state index is 15.9. The highest BCUT2D eigenvalue weighted by Crippen LogP contribution is 2.68. The number of hydrogen-bond acceptors (Lipinski definition) is 5. The fourth-order valence-electron chi connectivity index (χ4n) is 9.82. The number of ketones is 3. The fraction of sp³-hybridized carbons (Fsp3) is 0.128. The largest absolute Gasteiger partial charge is 0.469 e. The molecule has 5 atom stereocenters. The Morgan fingerprint density at radius 1 is 0.509 bits per heavy atom. The van der Waals surface area contributed by atoms with Gasteiger partial charge in [0, 0.05) is 59.1 Å². The molecule has 268 valence electrons. The number of ether oxygens (including phenoxy) is 1. The molecule has 6 aromatic rings. The smallest absolute Gasteiger partial charge is 0.194 e. The Morgan fingerprint density at radius 2 is 1.00 bits per heavy atom. The van der Waals surface area contributed by atoms with Gasteiger partial charge < -0.3 is 9.64 Å². The maximum absolute atomic E-state index is 15.9. The van der Waals surface area contributed by atoms with E-state index in [1.807, 2.05) is 140 Å². The summed E-state index contributed by atoms with van der Waals surface area (Å²) in [6, 6.07) is 47.9. The van der Waals surface area contributed by atoms with Crippen LogP contribution in [-0.2, 0) is 4.74 Å². The first-order valence-electron chi connectivity index (χ1n) is 18.1. The van der Waals surface area contributed by atoms with Crippen LogP contribution in [0.4, 0.5) is 5.69 Å². The Hall–Kier alpha value is -4.89. The van der Waals surface area contributed by atoms with Crippen LogP contribution < -0.4 is 4.90 Å². The Morgan fingerprint density at radius 3 is 1.58 bits per heavy atom. The van der Waals surface area contributed by atoms with Crippen molar-refractivity contribution in [3.05, 3.63) is 210 Å². The predicted octanol–water partition coefficient (Wildman–Crippen LogP) is 11.7. The number of Topliss-reactive ketones (excluding diaryl/α,β-unsaturated/α-hetero) is 3. The summed E-state index contributed by atoms with van der Waals surface area (Å²) >= 11 is 10.9. The number of fused-ring (bicyclic) bond motifs is 4. The molecule has 2 aliphatic carbocycles. The van der Waals surface area contributed by atoms with Crippen LogP contribution in [0, 0.1) is 11.3 Å². The SMILES string of the molecule is O=C1C2=C(O[C@H]3[C@@H]([C@H]2c2ccc(Br)cc2)[C@H](c2ccccc2)C2(C(=O)c4ccccc4C2=O)[C@H](c2ccc(Br)cc2)N3c2ccc(Br)cc2)c2ccccc21. The molecular formula is C47H30Br3NO4. The minimum Gasteiger partial charge on any atom is -0.469 e. The zero-order valence-electron chi connectivity index (χ0n) is 29.0. The third-order valence-electron chi connectivity index (χ3n) is 11.9. The second-order valence-electron chi connectivity index (χ2n) is 14.5. The molecule has 0 radical (unpaired) electrons. The van der Waals surface area contributed by atoms with Crippen molar-refractivity contribution < 1.29 is 19.1 Å². The second kappa shape index (κ2) is 13.1. The lowest BCUT2D eigenvalue weighted by Crippen LogP contribution is -2.65. The van der Waals surface area contributed by atoms with Crippen LogP contribution in [0.3, 0.4) is 0 Å². The van der Waals surface area contributed by atoms with Gasteiger partial charge in [-0.25, -0.2) is 0 Å². The number of halogens is 3. The normalized spacial score (nSPS) is 23.3. The maximum Gasteiger partial charge on any atom is 0.194 e. The monoisotopic (exact) mass is 909 g/mol. The highest BCUT2D eigenvalue weighted by molar-refractivity contribution is 9.11. The first-order chi connectivity index (χ1) is 26.8. The van der Waals surface area contributed by atoms with Gasteiger partial charge in [0.15, 0.2) is 23.6 Å². The Kier molecular flexibility index (Phi) is 8.25. The molecule has 1 saturated heterocycles. The number of benzene rings is 6. The molecule has 8 heteroatoms. The number of anilines is 1. The molecule has 10 rings (SSSR count). The lowest BCUT2D eigenvalue weighted by atomic mass is 9.51. The van der Waals surface area contributed by atoms with Crippen LogP contribution in [0.15, 0.2) is 171 Å². The zero-order chi connectivity index (χ0) is 37.6. The quantitative estimate of drug-likeness (QED) is 0.165. The summed E-state index contributed by atoms with van der Waals surface area (Å²) in [4.78, 5) is 48.8. The summed E-state index contributed by atoms with van der Waals surface area (Å²) in [6.45, 7) is 0. The van der Waals surface area contributed by atoms with Gasteiger partial charge in [-0.15, -0.1) is 0 Å². The van der Waals surface area contributed by atoms with E-state index < -0.39 is 35.4 Å². The van der Waals surface area contributed by atoms with Gasteiger partial charge in [0.1, 0.15) is 11.2 Å². The van der Waals surface area contributed by atoms with Crippen molar-refractivity contribution in [1.29, 1.82) is 0 Å². The van der Waals surface area contributed by atoms with E-state index in [4.69, 9.17) is 4.74 Å². The van der Waals surface area contributed by atoms with E-state index >= 15 is 9.59 Å². The first-order valence-corrected chi connectivity index (χ1v) is 20.5. The van der Waals surface area contributed by atoms with E-state index in [0.29, 0.717) is 28.0 Å². The lowest BCUT2D eigenvalue weighted by Gasteiger charge is -2.61. The molecular weight excluding hydrogens is 882 g/mol. The number of carbonyl (C=O) groups is 3. The predicted molar refractivity (Wildman–Crippen MR) is 223 cm³/mol. The Labute approximate surface area is 343 Å². The molecule has 1 spiro atoms. The highest BCUT2D eigenvalue weighted by Gasteiger charge is 2.72. The van der Waals surface area contributed by atoms with Crippen LogP contribution in [-0.4, -0.2) is 23.6 Å². The molecule has 55 heavy (non-hydrogen) atoms. The van der Waals surface area contributed by atoms with Gasteiger partial charge in [0.25, 0.3) is 0 Å². The topological polar surface area (TPSA) is 63.7 Å². The van der Waals surface area contributed by atoms with Crippen molar-refractivity contribution in [3.63, 3.8) is 0 Å². The molecule has 2 aliphatic heterocycles. The van der Waals surface area contributed by atoms with E-state index in [2.05, 4.69) is 52.7 Å². The van der Waals surface area contributed by atoms with Crippen molar-refractivity contribution in [2.75, 3.05) is 4.90 Å². The molecule has 5 nitrogen and oxygen atoms in total. The Bertz CT molecular complexity index is 2550. The minimum atomic E-state index is -1.67. The van der Waals surface area contributed by atoms with Crippen molar-refractivity contribution in [2.45, 2.75) is 24.1 Å². The third-order valence-corrected chi connectivity index (χ3v) is 13.5. The van der Waals surface area contributed by atoms with Crippen LogP contribution >= 0.6 is 47.8 Å². The summed E-state index contributed by atoms with van der Waals surface area (Å²) in [7, 11) is 0. The zero-order valence-corrected chi connectivity index (χ0v) is 33.8. The molecule has 0 aromatic heterocycles. The summed E-state index contributed by atoms with van der Waals surface area (Å²) in [5, 5.41) is 0. The Balaban J connectivity index is 1.36. The van der Waals surface area contributed by atoms with Gasteiger partial charge in [-0.2, -0.15) is 0 Å². The number of allylic oxidation sites excluding steroid dienone is 1. The molecule has 0 saturated carbocycles. The fourth-order valence-corrected chi connectivity index (χ4v) is 10.6. The van der Waals surface area contributed by atoms with Crippen molar-refractivity contribution in [1.82, 2.24) is 0 Å². The summed E-state index contributed by atoms with van der Waals surface area (Å²) < 4.78 is 10.1. The average Bonchev–Trinajstić information content (AvgIpc) is 3.62. The van der Waals surface area contributed by atoms with Gasteiger partial charge in [0.2, 0.25) is 0 Å². The highest BCUT2D eigenvalue weighted by atomic mass is 79.9. The summed E-state index contributed by atoms with van der Waals surface area (Å²) in [6.07, 6.45) is -0.735. The second-order valence-corrected chi connectivity index (χ2v) is 17.3. The molecule has 1 fully saturated rings. The summed E-state index contributed by atoms with van der Waals surface area (Å²) in [5.74, 6) is -1.91. The van der Waals surface area contributed by atoms with E-state index in [1.54, 1.807) is 12.1 Å². The van der Waals surface area contributed by atoms with Crippen LogP contribution in [0.5, 0.6) is 0 Å². The van der Waals surface area contributed by atoms with Gasteiger partial charge in [0.05, 0.1) is 11.6 Å². The van der Waals surface area contributed by atoms with Crippen molar-refractivity contribution in [3.8, 4) is 0 Å². The van der Waals surface area contributed by atoms with Crippen LogP contribution in [0.2, 0.25) is 0 Å². The third kappa shape index (κ3) is 5.04. The van der Waals surface area contributed by atoms with Crippen LogP contribution in [0.1, 0.15) is 71.2 Å². The van der Waals surface area contributed by atoms with Crippen molar-refractivity contribution >= 4 is 76.6 Å². The number of carbonyl (C=O) groups excluding carboxylic acids is 3. The van der Waals surface area contributed by atoms with E-state index in [0.717, 1.165) is 41.4 Å². The summed E-state index contributed by atoms with van der Waals surface area (Å²) in [5.41, 5.74) is 4.34. The van der Waals surface area contributed by atoms with E-state index in [1.165, 1.54) is 0 Å². The molecule has 0 N–H and O–H groups in total. The number of piperidine rings is 1. The van der Waals surface area contributed by atoms with Gasteiger partial charge in [-0.1, -0.05) is 151 Å². The molecule has 4 aliphatic rings. The average molecular weight is 912 g/mol. The molecule has 0 bridgehead atoms. The van der Waals surface area contributed by atoms with Gasteiger partial charge >= 0.3 is 0 Å². The van der Waals surface area contributed by atoms with E-state index in [-0.39, 0.29) is 17.3 Å². The minimum absolute atomic E-state index is 0.101. The molecule has 0 amide bonds. The lowest BCUT2D eigenvalue weighted by molar-refractivity contribution is -0.0225. The van der Waals surface area contributed by atoms with E-state index in [9.17, 15) is 4.79 Å². The molecule has 6 aromatic carbocycles. The number of rotatable bonds is 4. The molecule has 0 unspecified atom stereocenters. The van der Waals surface area contributed by atoms with Gasteiger partial charge in [-0.3, -0.25) is 14.4 Å². The first kappa shape index (κ1) is 34.6. The van der Waals surface area contributed by atoms with Gasteiger partial charge in [-0.05, 0) is 65.2 Å². The standard InChI is InChI=1S/C47H30Br3NO4/c48-29-18-14-26(15-19-29)37-38-40(27-8-2-1-3-9-27)47(44(53)35-12-6-7-13-36(35)45(47)54)43(28-16-20-30(49)21-17-28)51(32-24-22-31(50)23-25-32)46(38)55-42-34-11-5-4-10-33(34)41(52)39(37)42/h1-25,37-38,40,43,46H/t37-,38+,40+,43+,46+/m1/s1. The van der Waals surface area contributed by atoms with Crippen LogP contribution in [0.25, 0.3) is 5.76 Å². The number of hydrogen-bond donors (Lipinski definition) is 0. The van der Waals surface area contributed by atoms with Crippen molar-refractivity contribution in [2.24, 2.45) is 11.3 Å².